The number of nitrogens with zero attached hydrogens (tertiary/aromatic N) is 7. The summed E-state index contributed by atoms with van der Waals surface area (Å²) in [6.07, 6.45) is 7.01. The molecule has 7 nitrogen and oxygen atoms in total. The van der Waals surface area contributed by atoms with E-state index in [1.54, 1.807) is 24.8 Å². The highest BCUT2D eigenvalue weighted by Crippen LogP contribution is 2.31. The standard InChI is InChI=1S/C42H29N7/c1-28-10-12-33(13-11-28)40-47-41(36-8-2-6-34(26-36)29-14-18-31(19-15-29)38-43-22-4-23-44-38)49-42(48-40)37-9-3-7-35(27-37)30-16-20-32(21-17-30)39-45-24-5-25-46-39/h2-27H,1H3. The molecule has 8 rings (SSSR count). The molecule has 0 N–H and O–H groups in total. The lowest BCUT2D eigenvalue weighted by Gasteiger charge is -2.11. The van der Waals surface area contributed by atoms with Crippen LogP contribution in [0.25, 0.3) is 79.2 Å². The first-order valence-corrected chi connectivity index (χ1v) is 16.0. The van der Waals surface area contributed by atoms with Crippen molar-refractivity contribution in [1.82, 2.24) is 34.9 Å². The number of rotatable bonds is 7. The van der Waals surface area contributed by atoms with Crippen LogP contribution in [0.4, 0.5) is 0 Å². The van der Waals surface area contributed by atoms with Gasteiger partial charge in [-0.15, -0.1) is 0 Å². The molecule has 49 heavy (non-hydrogen) atoms. The molecule has 0 saturated heterocycles. The van der Waals surface area contributed by atoms with Crippen molar-refractivity contribution in [3.63, 3.8) is 0 Å². The average molecular weight is 632 g/mol. The highest BCUT2D eigenvalue weighted by atomic mass is 15.0. The van der Waals surface area contributed by atoms with E-state index in [1.807, 2.05) is 60.7 Å². The van der Waals surface area contributed by atoms with E-state index in [9.17, 15) is 0 Å². The van der Waals surface area contributed by atoms with Crippen LogP contribution in [0.1, 0.15) is 5.56 Å². The van der Waals surface area contributed by atoms with Crippen molar-refractivity contribution < 1.29 is 0 Å². The van der Waals surface area contributed by atoms with E-state index in [1.165, 1.54) is 5.56 Å². The van der Waals surface area contributed by atoms with Gasteiger partial charge in [0.15, 0.2) is 29.1 Å². The van der Waals surface area contributed by atoms with Gasteiger partial charge in [0.05, 0.1) is 0 Å². The summed E-state index contributed by atoms with van der Waals surface area (Å²) in [5, 5.41) is 0. The maximum absolute atomic E-state index is 5.04. The van der Waals surface area contributed by atoms with E-state index in [-0.39, 0.29) is 0 Å². The Labute approximate surface area is 284 Å². The van der Waals surface area contributed by atoms with Gasteiger partial charge in [-0.05, 0) is 53.4 Å². The Morgan fingerprint density at radius 1 is 0.286 bits per heavy atom. The smallest absolute Gasteiger partial charge is 0.164 e. The second-order valence-corrected chi connectivity index (χ2v) is 11.6. The van der Waals surface area contributed by atoms with Crippen molar-refractivity contribution >= 4 is 0 Å². The Kier molecular flexibility index (Phi) is 7.97. The third-order valence-corrected chi connectivity index (χ3v) is 8.27. The molecule has 0 bridgehead atoms. The molecule has 0 amide bonds. The van der Waals surface area contributed by atoms with Crippen LogP contribution in [0, 0.1) is 6.92 Å². The number of hydrogen-bond acceptors (Lipinski definition) is 7. The van der Waals surface area contributed by atoms with E-state index in [2.05, 4.69) is 99.7 Å². The first-order valence-electron chi connectivity index (χ1n) is 16.0. The maximum atomic E-state index is 5.04. The normalized spacial score (nSPS) is 11.0. The summed E-state index contributed by atoms with van der Waals surface area (Å²) in [5.74, 6) is 3.23. The van der Waals surface area contributed by atoms with Gasteiger partial charge in [-0.1, -0.05) is 115 Å². The van der Waals surface area contributed by atoms with Crippen LogP contribution < -0.4 is 0 Å². The molecule has 8 aromatic rings. The minimum absolute atomic E-state index is 0.606. The van der Waals surface area contributed by atoms with Gasteiger partial charge in [-0.2, -0.15) is 0 Å². The largest absolute Gasteiger partial charge is 0.237 e. The molecular formula is C42H29N7. The van der Waals surface area contributed by atoms with Gasteiger partial charge in [0.1, 0.15) is 0 Å². The molecule has 0 unspecified atom stereocenters. The van der Waals surface area contributed by atoms with Gasteiger partial charge in [-0.25, -0.2) is 34.9 Å². The third kappa shape index (κ3) is 6.46. The minimum Gasteiger partial charge on any atom is -0.237 e. The van der Waals surface area contributed by atoms with E-state index in [0.717, 1.165) is 50.1 Å². The topological polar surface area (TPSA) is 90.2 Å². The lowest BCUT2D eigenvalue weighted by Crippen LogP contribution is -2.00. The summed E-state index contributed by atoms with van der Waals surface area (Å²) in [7, 11) is 0. The van der Waals surface area contributed by atoms with Crippen molar-refractivity contribution in [2.45, 2.75) is 6.92 Å². The first-order chi connectivity index (χ1) is 24.2. The zero-order valence-corrected chi connectivity index (χ0v) is 26.6. The highest BCUT2D eigenvalue weighted by molar-refractivity contribution is 5.76. The number of benzene rings is 5. The van der Waals surface area contributed by atoms with E-state index >= 15 is 0 Å². The Balaban J connectivity index is 1.17. The van der Waals surface area contributed by atoms with E-state index in [0.29, 0.717) is 29.1 Å². The molecule has 5 aromatic carbocycles. The predicted molar refractivity (Wildman–Crippen MR) is 194 cm³/mol. The highest BCUT2D eigenvalue weighted by Gasteiger charge is 2.14. The molecular weight excluding hydrogens is 603 g/mol. The molecule has 0 fully saturated rings. The first kappa shape index (κ1) is 29.7. The summed E-state index contributed by atoms with van der Waals surface area (Å²) in [6.45, 7) is 2.07. The Morgan fingerprint density at radius 2 is 0.612 bits per heavy atom. The zero-order chi connectivity index (χ0) is 33.0. The fraction of sp³-hybridized carbons (Fsp3) is 0.0238. The number of hydrogen-bond donors (Lipinski definition) is 0. The molecule has 7 heteroatoms. The van der Waals surface area contributed by atoms with Gasteiger partial charge in [0.25, 0.3) is 0 Å². The van der Waals surface area contributed by atoms with Crippen molar-refractivity contribution in [1.29, 1.82) is 0 Å². The lowest BCUT2D eigenvalue weighted by molar-refractivity contribution is 1.07. The van der Waals surface area contributed by atoms with Crippen molar-refractivity contribution in [3.05, 3.63) is 164 Å². The van der Waals surface area contributed by atoms with Gasteiger partial charge in [-0.3, -0.25) is 0 Å². The molecule has 0 atom stereocenters. The van der Waals surface area contributed by atoms with Crippen LogP contribution in [-0.2, 0) is 0 Å². The molecule has 3 heterocycles. The van der Waals surface area contributed by atoms with Crippen LogP contribution in [0.15, 0.2) is 158 Å². The van der Waals surface area contributed by atoms with Crippen molar-refractivity contribution in [3.8, 4) is 79.2 Å². The zero-order valence-electron chi connectivity index (χ0n) is 26.6. The fourth-order valence-corrected chi connectivity index (χ4v) is 5.66. The molecule has 0 aliphatic rings. The van der Waals surface area contributed by atoms with E-state index < -0.39 is 0 Å². The molecule has 0 aliphatic heterocycles. The lowest BCUT2D eigenvalue weighted by atomic mass is 10.0. The molecule has 0 aliphatic carbocycles. The van der Waals surface area contributed by atoms with Gasteiger partial charge in [0.2, 0.25) is 0 Å². The summed E-state index contributed by atoms with van der Waals surface area (Å²) >= 11 is 0. The van der Waals surface area contributed by atoms with E-state index in [4.69, 9.17) is 15.0 Å². The summed E-state index contributed by atoms with van der Waals surface area (Å²) in [4.78, 5) is 32.5. The van der Waals surface area contributed by atoms with Crippen LogP contribution in [0.3, 0.4) is 0 Å². The second-order valence-electron chi connectivity index (χ2n) is 11.6. The fourth-order valence-electron chi connectivity index (χ4n) is 5.66. The van der Waals surface area contributed by atoms with Crippen LogP contribution in [0.2, 0.25) is 0 Å². The van der Waals surface area contributed by atoms with Crippen LogP contribution >= 0.6 is 0 Å². The van der Waals surface area contributed by atoms with Gasteiger partial charge < -0.3 is 0 Å². The maximum Gasteiger partial charge on any atom is 0.164 e. The predicted octanol–water partition coefficient (Wildman–Crippen LogP) is 9.43. The monoisotopic (exact) mass is 631 g/mol. The average Bonchev–Trinajstić information content (AvgIpc) is 3.19. The SMILES string of the molecule is Cc1ccc(-c2nc(-c3cccc(-c4ccc(-c5ncccn5)cc4)c3)nc(-c3cccc(-c4ccc(-c5ncccn5)cc4)c3)n2)cc1. The van der Waals surface area contributed by atoms with Crippen LogP contribution in [-0.4, -0.2) is 34.9 Å². The summed E-state index contributed by atoms with van der Waals surface area (Å²) < 4.78 is 0. The minimum atomic E-state index is 0.606. The Bertz CT molecular complexity index is 2210. The van der Waals surface area contributed by atoms with Crippen molar-refractivity contribution in [2.24, 2.45) is 0 Å². The van der Waals surface area contributed by atoms with Crippen molar-refractivity contribution in [2.75, 3.05) is 0 Å². The number of aromatic nitrogens is 7. The van der Waals surface area contributed by atoms with Gasteiger partial charge in [0, 0.05) is 52.6 Å². The summed E-state index contributed by atoms with van der Waals surface area (Å²) in [6, 6.07) is 45.1. The quantitative estimate of drug-likeness (QED) is 0.173. The number of aryl methyl sites for hydroxylation is 1. The molecule has 232 valence electrons. The van der Waals surface area contributed by atoms with Crippen LogP contribution in [0.5, 0.6) is 0 Å². The second kappa shape index (κ2) is 13.2. The Morgan fingerprint density at radius 3 is 1.04 bits per heavy atom. The Hall–Kier alpha value is -6.73. The van der Waals surface area contributed by atoms with Gasteiger partial charge >= 0.3 is 0 Å². The molecule has 0 saturated carbocycles. The molecule has 3 aromatic heterocycles. The molecule has 0 spiro atoms. The third-order valence-electron chi connectivity index (χ3n) is 8.27. The molecule has 0 radical (unpaired) electrons. The summed E-state index contributed by atoms with van der Waals surface area (Å²) in [5.41, 5.74) is 10.1.